The molecule has 0 saturated carbocycles. The van der Waals surface area contributed by atoms with Crippen LogP contribution in [0.1, 0.15) is 90.9 Å². The van der Waals surface area contributed by atoms with Crippen molar-refractivity contribution in [1.29, 1.82) is 0 Å². The van der Waals surface area contributed by atoms with Gasteiger partial charge in [0.2, 0.25) is 0 Å². The first kappa shape index (κ1) is 30.4. The van der Waals surface area contributed by atoms with Crippen LogP contribution in [0.25, 0.3) is 0 Å². The quantitative estimate of drug-likeness (QED) is 0.126. The Labute approximate surface area is 187 Å². The first-order chi connectivity index (χ1) is 11.5. The first-order valence-corrected chi connectivity index (χ1v) is 10.8. The van der Waals surface area contributed by atoms with Gasteiger partial charge in [-0.25, -0.2) is 0 Å². The van der Waals surface area contributed by atoms with Gasteiger partial charge in [0.05, 0.1) is 13.2 Å². The molecule has 0 aliphatic heterocycles. The predicted octanol–water partition coefficient (Wildman–Crippen LogP) is 6.39. The van der Waals surface area contributed by atoms with Gasteiger partial charge in [0.1, 0.15) is 0 Å². The van der Waals surface area contributed by atoms with Crippen molar-refractivity contribution >= 4 is 58.5 Å². The number of rotatable bonds is 14. The Morgan fingerprint density at radius 2 is 0.880 bits per heavy atom. The molecule has 0 bridgehead atoms. The van der Waals surface area contributed by atoms with Gasteiger partial charge in [-0.3, -0.25) is 0 Å². The van der Waals surface area contributed by atoms with Crippen LogP contribution in [-0.2, 0) is 51.2 Å². The van der Waals surface area contributed by atoms with Gasteiger partial charge in [-0.15, -0.1) is 0 Å². The Balaban J connectivity index is -0.000000372. The SMILES string of the molecule is CCCCCCCCOC(=S)[S-].CCCCCCCCOC(=S)[S-].[Ni+2]. The molecular weight excluding hydrogens is 435 g/mol. The number of unbranched alkanes of at least 4 members (excludes halogenated alkanes) is 10. The number of hydrogen-bond acceptors (Lipinski definition) is 6. The second-order valence-corrected chi connectivity index (χ2v) is 7.73. The van der Waals surface area contributed by atoms with Gasteiger partial charge in [0.25, 0.3) is 0 Å². The van der Waals surface area contributed by atoms with Crippen molar-refractivity contribution in [3.8, 4) is 0 Å². The summed E-state index contributed by atoms with van der Waals surface area (Å²) in [7, 11) is 0. The number of hydrogen-bond donors (Lipinski definition) is 0. The van der Waals surface area contributed by atoms with E-state index in [1.165, 1.54) is 64.2 Å². The maximum absolute atomic E-state index is 4.99. The van der Waals surface area contributed by atoms with Gasteiger partial charge in [-0.1, -0.05) is 78.1 Å². The second kappa shape index (κ2) is 26.9. The van der Waals surface area contributed by atoms with E-state index in [2.05, 4.69) is 63.5 Å². The molecule has 0 fully saturated rings. The van der Waals surface area contributed by atoms with E-state index in [1.807, 2.05) is 0 Å². The molecule has 0 atom stereocenters. The standard InChI is InChI=1S/2C9H18OS2.Ni/c2*1-2-3-4-5-6-7-8-10-9(11)12;/h2*2-8H2,1H3,(H,11,12);/q;;+2/p-2. The molecule has 152 valence electrons. The third kappa shape index (κ3) is 36.4. The summed E-state index contributed by atoms with van der Waals surface area (Å²) in [4.78, 5) is 0. The predicted molar refractivity (Wildman–Crippen MR) is 119 cm³/mol. The summed E-state index contributed by atoms with van der Waals surface area (Å²) < 4.78 is 10.5. The minimum Gasteiger partial charge on any atom is -0.514 e. The monoisotopic (exact) mass is 468 g/mol. The van der Waals surface area contributed by atoms with Crippen LogP contribution in [0.4, 0.5) is 0 Å². The average Bonchev–Trinajstić information content (AvgIpc) is 2.53. The Morgan fingerprint density at radius 3 is 1.16 bits per heavy atom. The van der Waals surface area contributed by atoms with Crippen molar-refractivity contribution in [2.24, 2.45) is 0 Å². The summed E-state index contributed by atoms with van der Waals surface area (Å²) in [5, 5.41) is 0. The zero-order chi connectivity index (χ0) is 18.5. The van der Waals surface area contributed by atoms with Crippen molar-refractivity contribution in [1.82, 2.24) is 0 Å². The zero-order valence-electron chi connectivity index (χ0n) is 15.7. The first-order valence-electron chi connectivity index (χ1n) is 9.22. The Morgan fingerprint density at radius 1 is 0.600 bits per heavy atom. The van der Waals surface area contributed by atoms with Crippen LogP contribution in [0.5, 0.6) is 0 Å². The fourth-order valence-electron chi connectivity index (χ4n) is 2.08. The fourth-order valence-corrected chi connectivity index (χ4v) is 2.41. The number of ether oxygens (including phenoxy) is 2. The molecule has 7 heteroatoms. The molecule has 2 nitrogen and oxygen atoms in total. The van der Waals surface area contributed by atoms with Crippen molar-refractivity contribution in [3.05, 3.63) is 0 Å². The third-order valence-corrected chi connectivity index (χ3v) is 3.91. The smallest absolute Gasteiger partial charge is 0.514 e. The second-order valence-electron chi connectivity index (χ2n) is 5.73. The van der Waals surface area contributed by atoms with Gasteiger partial charge in [-0.2, -0.15) is 0 Å². The Kier molecular flexibility index (Phi) is 32.8. The zero-order valence-corrected chi connectivity index (χ0v) is 19.9. The summed E-state index contributed by atoms with van der Waals surface area (Å²) in [6, 6.07) is 0. The Hall–Kier alpha value is 0.714. The molecule has 25 heavy (non-hydrogen) atoms. The van der Waals surface area contributed by atoms with Gasteiger partial charge < -0.3 is 59.2 Å². The van der Waals surface area contributed by atoms with Gasteiger partial charge >= 0.3 is 16.5 Å². The Bertz CT molecular complexity index is 264. The van der Waals surface area contributed by atoms with Crippen LogP contribution < -0.4 is 0 Å². The molecule has 0 unspecified atom stereocenters. The van der Waals surface area contributed by atoms with E-state index in [0.29, 0.717) is 13.2 Å². The summed E-state index contributed by atoms with van der Waals surface area (Å²) >= 11 is 18.4. The molecule has 0 spiro atoms. The van der Waals surface area contributed by atoms with Crippen LogP contribution in [0.2, 0.25) is 0 Å². The summed E-state index contributed by atoms with van der Waals surface area (Å²) in [6.07, 6.45) is 15.2. The molecule has 0 N–H and O–H groups in total. The summed E-state index contributed by atoms with van der Waals surface area (Å²) in [6.45, 7) is 5.85. The van der Waals surface area contributed by atoms with Crippen LogP contribution in [0.15, 0.2) is 0 Å². The van der Waals surface area contributed by atoms with E-state index >= 15 is 0 Å². The minimum atomic E-state index is 0. The van der Waals surface area contributed by atoms with Crippen LogP contribution in [0.3, 0.4) is 0 Å². The van der Waals surface area contributed by atoms with Gasteiger partial charge in [-0.05, 0) is 12.8 Å². The van der Waals surface area contributed by atoms with Crippen LogP contribution in [-0.4, -0.2) is 22.0 Å². The van der Waals surface area contributed by atoms with E-state index in [9.17, 15) is 0 Å². The van der Waals surface area contributed by atoms with Crippen LogP contribution >= 0.6 is 24.4 Å². The normalized spacial score (nSPS) is 9.36. The van der Waals surface area contributed by atoms with Gasteiger partial charge in [0.15, 0.2) is 0 Å². The third-order valence-electron chi connectivity index (χ3n) is 3.44. The minimum absolute atomic E-state index is 0. The average molecular weight is 469 g/mol. The largest absolute Gasteiger partial charge is 2.00 e. The molecule has 0 saturated heterocycles. The maximum atomic E-state index is 4.99. The molecule has 0 aliphatic rings. The molecular formula is C18H34NiO2S4. The number of thiocarbonyl (C=S) groups is 2. The molecule has 0 amide bonds. The van der Waals surface area contributed by atoms with Crippen molar-refractivity contribution in [2.45, 2.75) is 90.9 Å². The summed E-state index contributed by atoms with van der Waals surface area (Å²) in [5.41, 5.74) is 0. The van der Waals surface area contributed by atoms with Crippen molar-refractivity contribution < 1.29 is 26.0 Å². The van der Waals surface area contributed by atoms with Crippen molar-refractivity contribution in [2.75, 3.05) is 13.2 Å². The molecule has 0 aromatic heterocycles. The molecule has 0 aromatic rings. The van der Waals surface area contributed by atoms with Crippen molar-refractivity contribution in [3.63, 3.8) is 0 Å². The molecule has 0 rings (SSSR count). The van der Waals surface area contributed by atoms with E-state index < -0.39 is 0 Å². The van der Waals surface area contributed by atoms with E-state index in [4.69, 9.17) is 9.47 Å². The van der Waals surface area contributed by atoms with E-state index in [0.717, 1.165) is 12.8 Å². The molecule has 0 aromatic carbocycles. The molecule has 0 aliphatic carbocycles. The van der Waals surface area contributed by atoms with Gasteiger partial charge in [0, 0.05) is 8.77 Å². The fraction of sp³-hybridized carbons (Fsp3) is 0.889. The molecule has 0 heterocycles. The molecule has 0 radical (unpaired) electrons. The summed E-state index contributed by atoms with van der Waals surface area (Å²) in [5.74, 6) is 0. The van der Waals surface area contributed by atoms with E-state index in [1.54, 1.807) is 0 Å². The maximum Gasteiger partial charge on any atom is 2.00 e. The van der Waals surface area contributed by atoms with E-state index in [-0.39, 0.29) is 25.3 Å². The topological polar surface area (TPSA) is 18.5 Å². The van der Waals surface area contributed by atoms with Crippen LogP contribution in [0, 0.1) is 0 Å².